The zero-order chi connectivity index (χ0) is 24.0. The van der Waals surface area contributed by atoms with Gasteiger partial charge in [0.1, 0.15) is 0 Å². The van der Waals surface area contributed by atoms with Gasteiger partial charge in [-0.3, -0.25) is 0 Å². The molecule has 0 atom stereocenters. The highest BCUT2D eigenvalue weighted by atomic mass is 32.2. The van der Waals surface area contributed by atoms with Gasteiger partial charge < -0.3 is 11.1 Å². The Kier molecular flexibility index (Phi) is 4.97. The number of benzene rings is 2. The van der Waals surface area contributed by atoms with E-state index in [1.54, 1.807) is 42.6 Å². The minimum atomic E-state index is -3.76. The third-order valence-corrected chi connectivity index (χ3v) is 8.10. The van der Waals surface area contributed by atoms with Crippen molar-refractivity contribution in [2.45, 2.75) is 4.90 Å². The molecule has 0 aliphatic heterocycles. The minimum absolute atomic E-state index is 0.205. The van der Waals surface area contributed by atoms with Gasteiger partial charge >= 0.3 is 0 Å². The smallest absolute Gasteiger partial charge is 0.269 e. The molecule has 3 N–H and O–H groups in total. The van der Waals surface area contributed by atoms with E-state index in [-0.39, 0.29) is 4.90 Å². The zero-order valence-corrected chi connectivity index (χ0v) is 19.8. The monoisotopic (exact) mass is 498 g/mol. The van der Waals surface area contributed by atoms with Crippen LogP contribution in [0, 0.1) is 0 Å². The van der Waals surface area contributed by atoms with Crippen molar-refractivity contribution in [1.82, 2.24) is 18.9 Å². The normalized spacial score (nSPS) is 11.8. The second kappa shape index (κ2) is 8.19. The molecule has 0 bridgehead atoms. The number of pyridine rings is 1. The van der Waals surface area contributed by atoms with Crippen molar-refractivity contribution in [3.05, 3.63) is 90.6 Å². The lowest BCUT2D eigenvalue weighted by Crippen LogP contribution is -2.12. The molecule has 6 rings (SSSR count). The first-order chi connectivity index (χ1) is 17.0. The number of thiophene rings is 1. The average molecular weight is 499 g/mol. The number of nitrogen functional groups attached to an aromatic ring is 1. The molecule has 172 valence electrons. The summed E-state index contributed by atoms with van der Waals surface area (Å²) in [7, 11) is -3.76. The maximum absolute atomic E-state index is 13.1. The molecule has 0 radical (unpaired) electrons. The van der Waals surface area contributed by atoms with Crippen LogP contribution in [0.1, 0.15) is 0 Å². The van der Waals surface area contributed by atoms with Crippen molar-refractivity contribution in [3.63, 3.8) is 0 Å². The quantitative estimate of drug-likeness (QED) is 0.311. The maximum atomic E-state index is 13.1. The molecule has 0 spiro atoms. The number of nitrogens with one attached hydrogen (secondary N) is 1. The van der Waals surface area contributed by atoms with E-state index in [9.17, 15) is 8.42 Å². The van der Waals surface area contributed by atoms with Gasteiger partial charge in [0.15, 0.2) is 5.65 Å². The predicted molar refractivity (Wildman–Crippen MR) is 139 cm³/mol. The SMILES string of the molecule is Nc1cccc(Nc2nc(-c3cnc4c(ccn4S(=O)(=O)c4ccccc4)c3)c3sccc3n2)c1. The molecule has 0 unspecified atom stereocenters. The van der Waals surface area contributed by atoms with Gasteiger partial charge in [0.2, 0.25) is 5.95 Å². The Morgan fingerprint density at radius 2 is 1.80 bits per heavy atom. The van der Waals surface area contributed by atoms with Crippen LogP contribution >= 0.6 is 11.3 Å². The largest absolute Gasteiger partial charge is 0.399 e. The first kappa shape index (κ1) is 21.3. The molecular weight excluding hydrogens is 480 g/mol. The van der Waals surface area contributed by atoms with E-state index in [4.69, 9.17) is 10.7 Å². The molecule has 0 saturated heterocycles. The summed E-state index contributed by atoms with van der Waals surface area (Å²) in [6.07, 6.45) is 3.17. The Bertz CT molecular complexity index is 1810. The molecule has 35 heavy (non-hydrogen) atoms. The first-order valence-corrected chi connectivity index (χ1v) is 13.0. The van der Waals surface area contributed by atoms with Gasteiger partial charge in [0.05, 0.1) is 20.8 Å². The van der Waals surface area contributed by atoms with E-state index in [0.717, 1.165) is 21.5 Å². The van der Waals surface area contributed by atoms with Crippen molar-refractivity contribution in [2.24, 2.45) is 0 Å². The van der Waals surface area contributed by atoms with Crippen LogP contribution in [0.5, 0.6) is 0 Å². The van der Waals surface area contributed by atoms with Crippen LogP contribution in [-0.4, -0.2) is 27.3 Å². The molecule has 0 amide bonds. The van der Waals surface area contributed by atoms with Gasteiger partial charge in [-0.05, 0) is 53.9 Å². The van der Waals surface area contributed by atoms with Gasteiger partial charge in [-0.1, -0.05) is 24.3 Å². The summed E-state index contributed by atoms with van der Waals surface area (Å²) < 4.78 is 28.4. The highest BCUT2D eigenvalue weighted by Gasteiger charge is 2.20. The van der Waals surface area contributed by atoms with Gasteiger partial charge in [-0.2, -0.15) is 0 Å². The van der Waals surface area contributed by atoms with E-state index in [1.165, 1.54) is 21.5 Å². The molecule has 4 heterocycles. The van der Waals surface area contributed by atoms with Crippen molar-refractivity contribution in [2.75, 3.05) is 11.1 Å². The van der Waals surface area contributed by atoms with Crippen molar-refractivity contribution >= 4 is 59.9 Å². The van der Waals surface area contributed by atoms with Crippen LogP contribution in [0.3, 0.4) is 0 Å². The number of rotatable bonds is 5. The van der Waals surface area contributed by atoms with Gasteiger partial charge in [-0.15, -0.1) is 11.3 Å². The maximum Gasteiger partial charge on any atom is 0.269 e. The molecule has 0 fully saturated rings. The van der Waals surface area contributed by atoms with Crippen LogP contribution < -0.4 is 11.1 Å². The molecule has 0 aliphatic carbocycles. The Morgan fingerprint density at radius 1 is 0.943 bits per heavy atom. The third kappa shape index (κ3) is 3.78. The highest BCUT2D eigenvalue weighted by molar-refractivity contribution is 7.90. The molecule has 2 aromatic carbocycles. The van der Waals surface area contributed by atoms with E-state index in [1.807, 2.05) is 41.8 Å². The van der Waals surface area contributed by atoms with Crippen LogP contribution in [0.15, 0.2) is 95.5 Å². The van der Waals surface area contributed by atoms with Crippen LogP contribution in [-0.2, 0) is 10.0 Å². The number of nitrogens with two attached hydrogens (primary N) is 1. The second-order valence-electron chi connectivity index (χ2n) is 7.85. The summed E-state index contributed by atoms with van der Waals surface area (Å²) >= 11 is 1.54. The van der Waals surface area contributed by atoms with Gasteiger partial charge in [0.25, 0.3) is 10.0 Å². The first-order valence-electron chi connectivity index (χ1n) is 10.6. The van der Waals surface area contributed by atoms with E-state index in [0.29, 0.717) is 28.4 Å². The van der Waals surface area contributed by atoms with Gasteiger partial charge in [0, 0.05) is 34.7 Å². The molecule has 10 heteroatoms. The molecule has 4 aromatic heterocycles. The molecule has 6 aromatic rings. The number of aromatic nitrogens is 4. The fourth-order valence-electron chi connectivity index (χ4n) is 3.89. The second-order valence-corrected chi connectivity index (χ2v) is 10.6. The van der Waals surface area contributed by atoms with Crippen molar-refractivity contribution in [3.8, 4) is 11.3 Å². The van der Waals surface area contributed by atoms with E-state index >= 15 is 0 Å². The minimum Gasteiger partial charge on any atom is -0.399 e. The zero-order valence-electron chi connectivity index (χ0n) is 18.2. The number of hydrogen-bond acceptors (Lipinski definition) is 8. The Hall–Kier alpha value is -4.28. The molecule has 8 nitrogen and oxygen atoms in total. The number of hydrogen-bond donors (Lipinski definition) is 2. The van der Waals surface area contributed by atoms with Crippen LogP contribution in [0.2, 0.25) is 0 Å². The van der Waals surface area contributed by atoms with Crippen LogP contribution in [0.25, 0.3) is 32.5 Å². The lowest BCUT2D eigenvalue weighted by atomic mass is 10.1. The summed E-state index contributed by atoms with van der Waals surface area (Å²) in [5.74, 6) is 0.431. The lowest BCUT2D eigenvalue weighted by Gasteiger charge is -2.10. The molecular formula is C25H18N6O2S2. The predicted octanol–water partition coefficient (Wildman–Crippen LogP) is 5.27. The molecule has 0 aliphatic rings. The lowest BCUT2D eigenvalue weighted by molar-refractivity contribution is 0.589. The van der Waals surface area contributed by atoms with E-state index in [2.05, 4.69) is 15.3 Å². The Balaban J connectivity index is 1.44. The summed E-state index contributed by atoms with van der Waals surface area (Å²) in [4.78, 5) is 14.1. The molecule has 0 saturated carbocycles. The Labute approximate surface area is 204 Å². The summed E-state index contributed by atoms with van der Waals surface area (Å²) in [5, 5.41) is 5.87. The van der Waals surface area contributed by atoms with E-state index < -0.39 is 10.0 Å². The number of anilines is 3. The fourth-order valence-corrected chi connectivity index (χ4v) is 6.06. The highest BCUT2D eigenvalue weighted by Crippen LogP contribution is 2.33. The number of nitrogens with zero attached hydrogens (tertiary/aromatic N) is 4. The number of fused-ring (bicyclic) bond motifs is 2. The fraction of sp³-hybridized carbons (Fsp3) is 0. The van der Waals surface area contributed by atoms with Crippen molar-refractivity contribution < 1.29 is 8.42 Å². The summed E-state index contributed by atoms with van der Waals surface area (Å²) in [6.45, 7) is 0. The van der Waals surface area contributed by atoms with Crippen molar-refractivity contribution in [1.29, 1.82) is 0 Å². The van der Waals surface area contributed by atoms with Gasteiger partial charge in [-0.25, -0.2) is 27.3 Å². The summed E-state index contributed by atoms with van der Waals surface area (Å²) in [6, 6.07) is 21.2. The third-order valence-electron chi connectivity index (χ3n) is 5.51. The average Bonchev–Trinajstić information content (AvgIpc) is 3.51. The Morgan fingerprint density at radius 3 is 2.63 bits per heavy atom. The summed E-state index contributed by atoms with van der Waals surface area (Å²) in [5.41, 5.74) is 9.94. The van der Waals surface area contributed by atoms with Crippen LogP contribution in [0.4, 0.5) is 17.3 Å². The topological polar surface area (TPSA) is 116 Å². The standard InChI is InChI=1S/C25H18N6O2S2/c26-18-5-4-6-19(14-18)28-25-29-21-10-12-34-23(21)22(30-25)17-13-16-9-11-31(24(16)27-15-17)35(32,33)20-7-2-1-3-8-20/h1-15H,26H2,(H,28,29,30).